The molecule has 0 aliphatic heterocycles. The highest BCUT2D eigenvalue weighted by Crippen LogP contribution is 2.38. The highest BCUT2D eigenvalue weighted by atomic mass is 15.4. The van der Waals surface area contributed by atoms with Gasteiger partial charge in [0.05, 0.1) is 5.70 Å². The SMILES string of the molecule is C=C(c1ccccc1)n1nnc2c1-c1ccccc1CCc1ccccc1-2. The van der Waals surface area contributed by atoms with Crippen molar-refractivity contribution in [3.8, 4) is 22.5 Å². The molecule has 1 aliphatic carbocycles. The van der Waals surface area contributed by atoms with Crippen LogP contribution < -0.4 is 0 Å². The molecular formula is C24H19N3. The maximum atomic E-state index is 4.60. The van der Waals surface area contributed by atoms with Gasteiger partial charge in [0.1, 0.15) is 11.4 Å². The third-order valence-corrected chi connectivity index (χ3v) is 5.24. The summed E-state index contributed by atoms with van der Waals surface area (Å²) in [5.74, 6) is 0. The lowest BCUT2D eigenvalue weighted by atomic mass is 9.89. The van der Waals surface area contributed by atoms with E-state index in [2.05, 4.69) is 77.6 Å². The van der Waals surface area contributed by atoms with Gasteiger partial charge in [0.15, 0.2) is 0 Å². The van der Waals surface area contributed by atoms with E-state index in [1.807, 2.05) is 22.9 Å². The number of hydrogen-bond donors (Lipinski definition) is 0. The minimum Gasteiger partial charge on any atom is -0.212 e. The second-order valence-electron chi connectivity index (χ2n) is 6.83. The molecule has 5 rings (SSSR count). The molecule has 0 fully saturated rings. The zero-order chi connectivity index (χ0) is 18.2. The van der Waals surface area contributed by atoms with E-state index in [-0.39, 0.29) is 0 Å². The fourth-order valence-corrected chi connectivity index (χ4v) is 3.85. The van der Waals surface area contributed by atoms with Crippen molar-refractivity contribution in [1.82, 2.24) is 15.0 Å². The van der Waals surface area contributed by atoms with E-state index in [9.17, 15) is 0 Å². The van der Waals surface area contributed by atoms with Crippen molar-refractivity contribution in [3.05, 3.63) is 102 Å². The number of rotatable bonds is 2. The van der Waals surface area contributed by atoms with Crippen molar-refractivity contribution in [2.24, 2.45) is 0 Å². The largest absolute Gasteiger partial charge is 0.212 e. The van der Waals surface area contributed by atoms with Crippen LogP contribution in [-0.2, 0) is 12.8 Å². The summed E-state index contributed by atoms with van der Waals surface area (Å²) in [6.07, 6.45) is 1.99. The van der Waals surface area contributed by atoms with Crippen molar-refractivity contribution < 1.29 is 0 Å². The molecule has 0 spiro atoms. The standard InChI is InChI=1S/C24H19N3/c1-17(18-9-3-2-4-10-18)27-24-22-14-8-6-12-20(22)16-15-19-11-5-7-13-21(19)23(24)25-26-27/h2-14H,1,15-16H2. The van der Waals surface area contributed by atoms with Crippen LogP contribution in [0.2, 0.25) is 0 Å². The normalized spacial score (nSPS) is 12.3. The predicted octanol–water partition coefficient (Wildman–Crippen LogP) is 5.23. The van der Waals surface area contributed by atoms with Crippen molar-refractivity contribution in [2.45, 2.75) is 12.8 Å². The topological polar surface area (TPSA) is 30.7 Å². The van der Waals surface area contributed by atoms with Crippen LogP contribution in [0.5, 0.6) is 0 Å². The molecule has 3 nitrogen and oxygen atoms in total. The van der Waals surface area contributed by atoms with E-state index in [0.717, 1.165) is 41.1 Å². The Hall–Kier alpha value is -3.46. The maximum absolute atomic E-state index is 4.60. The Labute approximate surface area is 158 Å². The molecule has 1 heterocycles. The van der Waals surface area contributed by atoms with E-state index < -0.39 is 0 Å². The first-order chi connectivity index (χ1) is 13.3. The van der Waals surface area contributed by atoms with Gasteiger partial charge < -0.3 is 0 Å². The Kier molecular flexibility index (Phi) is 3.72. The summed E-state index contributed by atoms with van der Waals surface area (Å²) in [5, 5.41) is 9.12. The smallest absolute Gasteiger partial charge is 0.121 e. The van der Waals surface area contributed by atoms with Gasteiger partial charge in [0.2, 0.25) is 0 Å². The van der Waals surface area contributed by atoms with Crippen LogP contribution in [0, 0.1) is 0 Å². The van der Waals surface area contributed by atoms with Gasteiger partial charge in [-0.1, -0.05) is 90.7 Å². The van der Waals surface area contributed by atoms with Gasteiger partial charge in [-0.25, -0.2) is 4.68 Å². The number of nitrogens with zero attached hydrogens (tertiary/aromatic N) is 3. The number of aryl methyl sites for hydroxylation is 2. The molecule has 130 valence electrons. The molecular weight excluding hydrogens is 330 g/mol. The third-order valence-electron chi connectivity index (χ3n) is 5.24. The highest BCUT2D eigenvalue weighted by Gasteiger charge is 2.24. The van der Waals surface area contributed by atoms with Crippen LogP contribution in [0.3, 0.4) is 0 Å². The second-order valence-corrected chi connectivity index (χ2v) is 6.83. The van der Waals surface area contributed by atoms with Gasteiger partial charge in [-0.15, -0.1) is 5.10 Å². The van der Waals surface area contributed by atoms with Gasteiger partial charge in [0.25, 0.3) is 0 Å². The van der Waals surface area contributed by atoms with Crippen LogP contribution in [0.15, 0.2) is 85.4 Å². The molecule has 0 saturated heterocycles. The molecule has 0 amide bonds. The minimum atomic E-state index is 0.831. The van der Waals surface area contributed by atoms with Crippen molar-refractivity contribution >= 4 is 5.70 Å². The summed E-state index contributed by atoms with van der Waals surface area (Å²) in [7, 11) is 0. The van der Waals surface area contributed by atoms with Gasteiger partial charge in [-0.2, -0.15) is 0 Å². The quantitative estimate of drug-likeness (QED) is 0.496. The van der Waals surface area contributed by atoms with Crippen LogP contribution in [0.4, 0.5) is 0 Å². The highest BCUT2D eigenvalue weighted by molar-refractivity contribution is 5.85. The lowest BCUT2D eigenvalue weighted by molar-refractivity contribution is 0.826. The molecule has 0 unspecified atom stereocenters. The van der Waals surface area contributed by atoms with Crippen molar-refractivity contribution in [3.63, 3.8) is 0 Å². The van der Waals surface area contributed by atoms with Gasteiger partial charge in [-0.3, -0.25) is 0 Å². The average molecular weight is 349 g/mol. The molecule has 0 bridgehead atoms. The summed E-state index contributed by atoms with van der Waals surface area (Å²) in [5.41, 5.74) is 8.79. The fourth-order valence-electron chi connectivity index (χ4n) is 3.85. The molecule has 27 heavy (non-hydrogen) atoms. The van der Waals surface area contributed by atoms with Crippen molar-refractivity contribution in [1.29, 1.82) is 0 Å². The first-order valence-electron chi connectivity index (χ1n) is 9.20. The monoisotopic (exact) mass is 349 g/mol. The zero-order valence-corrected chi connectivity index (χ0v) is 15.0. The molecule has 3 aromatic carbocycles. The Morgan fingerprint density at radius 1 is 0.741 bits per heavy atom. The van der Waals surface area contributed by atoms with E-state index in [4.69, 9.17) is 0 Å². The number of aromatic nitrogens is 3. The molecule has 3 heteroatoms. The van der Waals surface area contributed by atoms with E-state index in [1.54, 1.807) is 0 Å². The van der Waals surface area contributed by atoms with Crippen LogP contribution in [-0.4, -0.2) is 15.0 Å². The Balaban J connectivity index is 1.79. The van der Waals surface area contributed by atoms with Crippen LogP contribution >= 0.6 is 0 Å². The molecule has 0 N–H and O–H groups in total. The lowest BCUT2D eigenvalue weighted by Gasteiger charge is -2.18. The molecule has 0 saturated carbocycles. The summed E-state index contributed by atoms with van der Waals surface area (Å²) >= 11 is 0. The first-order valence-corrected chi connectivity index (χ1v) is 9.20. The first kappa shape index (κ1) is 15.8. The summed E-state index contributed by atoms with van der Waals surface area (Å²) in [4.78, 5) is 0. The van der Waals surface area contributed by atoms with Crippen LogP contribution in [0.1, 0.15) is 16.7 Å². The number of hydrogen-bond acceptors (Lipinski definition) is 2. The van der Waals surface area contributed by atoms with E-state index in [1.165, 1.54) is 16.7 Å². The second kappa shape index (κ2) is 6.36. The summed E-state index contributed by atoms with van der Waals surface area (Å²) in [6, 6.07) is 27.2. The minimum absolute atomic E-state index is 0.831. The molecule has 0 radical (unpaired) electrons. The van der Waals surface area contributed by atoms with Crippen LogP contribution in [0.25, 0.3) is 28.2 Å². The van der Waals surface area contributed by atoms with Gasteiger partial charge in [-0.05, 0) is 29.5 Å². The third kappa shape index (κ3) is 2.59. The molecule has 1 aliphatic rings. The summed E-state index contributed by atoms with van der Waals surface area (Å²) < 4.78 is 1.89. The number of benzene rings is 3. The average Bonchev–Trinajstić information content (AvgIpc) is 3.15. The molecule has 0 atom stereocenters. The fraction of sp³-hybridized carbons (Fsp3) is 0.0833. The van der Waals surface area contributed by atoms with E-state index >= 15 is 0 Å². The lowest BCUT2D eigenvalue weighted by Crippen LogP contribution is -2.06. The van der Waals surface area contributed by atoms with Gasteiger partial charge in [0, 0.05) is 11.1 Å². The Morgan fingerprint density at radius 3 is 2.07 bits per heavy atom. The van der Waals surface area contributed by atoms with Gasteiger partial charge >= 0.3 is 0 Å². The molecule has 1 aromatic heterocycles. The maximum Gasteiger partial charge on any atom is 0.121 e. The zero-order valence-electron chi connectivity index (χ0n) is 15.0. The summed E-state index contributed by atoms with van der Waals surface area (Å²) in [6.45, 7) is 4.32. The van der Waals surface area contributed by atoms with E-state index in [0.29, 0.717) is 0 Å². The Morgan fingerprint density at radius 2 is 1.33 bits per heavy atom. The molecule has 4 aromatic rings. The number of fused-ring (bicyclic) bond motifs is 5. The Bertz CT molecular complexity index is 1140. The predicted molar refractivity (Wildman–Crippen MR) is 109 cm³/mol. The van der Waals surface area contributed by atoms with Crippen molar-refractivity contribution in [2.75, 3.05) is 0 Å².